The van der Waals surface area contributed by atoms with Crippen LogP contribution in [-0.4, -0.2) is 29.8 Å². The average molecular weight is 424 g/mol. The van der Waals surface area contributed by atoms with Gasteiger partial charge in [-0.05, 0) is 35.9 Å². The lowest BCUT2D eigenvalue weighted by molar-refractivity contribution is -0.149. The van der Waals surface area contributed by atoms with Crippen LogP contribution in [0, 0.1) is 11.6 Å². The molecule has 1 aliphatic heterocycles. The molecular weight excluding hydrogens is 412 g/mol. The van der Waals surface area contributed by atoms with Gasteiger partial charge in [0.05, 0.1) is 13.7 Å². The Morgan fingerprint density at radius 2 is 1.92 bits per heavy atom. The van der Waals surface area contributed by atoms with E-state index in [1.807, 2.05) is 0 Å². The second-order valence-corrected chi connectivity index (χ2v) is 6.57. The summed E-state index contributed by atoms with van der Waals surface area (Å²) in [6.07, 6.45) is 0. The van der Waals surface area contributed by atoms with E-state index in [2.05, 4.69) is 20.7 Å². The summed E-state index contributed by atoms with van der Waals surface area (Å²) in [5, 5.41) is 0. The highest BCUT2D eigenvalue weighted by Crippen LogP contribution is 2.32. The molecule has 2 aromatic rings. The first-order valence-electron chi connectivity index (χ1n) is 7.50. The van der Waals surface area contributed by atoms with Crippen molar-refractivity contribution in [3.63, 3.8) is 0 Å². The molecule has 0 aromatic heterocycles. The third-order valence-corrected chi connectivity index (χ3v) is 4.59. The summed E-state index contributed by atoms with van der Waals surface area (Å²) >= 11 is 3.13. The fraction of sp³-hybridized carbons (Fsp3) is 0.167. The zero-order chi connectivity index (χ0) is 19.0. The highest BCUT2D eigenvalue weighted by atomic mass is 79.9. The summed E-state index contributed by atoms with van der Waals surface area (Å²) < 4.78 is 32.8. The number of rotatable bonds is 3. The second kappa shape index (κ2) is 6.95. The average Bonchev–Trinajstić information content (AvgIpc) is 2.59. The van der Waals surface area contributed by atoms with Gasteiger partial charge in [-0.2, -0.15) is 0 Å². The normalized spacial score (nSPS) is 16.5. The molecule has 0 saturated carbocycles. The van der Waals surface area contributed by atoms with Gasteiger partial charge in [-0.15, -0.1) is 0 Å². The standard InChI is InChI=1S/C18H12BrF2NO4/c1-26-18(25)15-13-7-11(20)4-5-12(13)16(23)22(17(15)24)8-9-2-3-10(19)6-14(9)21/h2-7,15H,8H2,1H3. The van der Waals surface area contributed by atoms with Crippen LogP contribution >= 0.6 is 15.9 Å². The Balaban J connectivity index is 2.07. The van der Waals surface area contributed by atoms with Crippen molar-refractivity contribution in [2.75, 3.05) is 7.11 Å². The number of carbonyl (C=O) groups excluding carboxylic acids is 3. The van der Waals surface area contributed by atoms with E-state index in [4.69, 9.17) is 0 Å². The minimum atomic E-state index is -1.48. The highest BCUT2D eigenvalue weighted by molar-refractivity contribution is 9.10. The van der Waals surface area contributed by atoms with E-state index in [1.54, 1.807) is 6.07 Å². The van der Waals surface area contributed by atoms with Gasteiger partial charge in [-0.3, -0.25) is 19.3 Å². The number of benzene rings is 2. The Labute approximate surface area is 155 Å². The maximum atomic E-state index is 14.1. The lowest BCUT2D eigenvalue weighted by Gasteiger charge is -2.31. The minimum Gasteiger partial charge on any atom is -0.468 e. The van der Waals surface area contributed by atoms with Crippen LogP contribution in [0.4, 0.5) is 8.78 Å². The Hall–Kier alpha value is -2.61. The first-order chi connectivity index (χ1) is 12.3. The number of amides is 2. The third kappa shape index (κ3) is 3.12. The van der Waals surface area contributed by atoms with Crippen molar-refractivity contribution in [1.29, 1.82) is 0 Å². The summed E-state index contributed by atoms with van der Waals surface area (Å²) in [5.41, 5.74) is 0.0439. The molecule has 2 amide bonds. The van der Waals surface area contributed by atoms with Crippen LogP contribution in [0.5, 0.6) is 0 Å². The number of hydrogen-bond donors (Lipinski definition) is 0. The van der Waals surface area contributed by atoms with E-state index in [0.717, 1.165) is 24.1 Å². The molecule has 0 radical (unpaired) electrons. The molecule has 5 nitrogen and oxygen atoms in total. The molecule has 3 rings (SSSR count). The Morgan fingerprint density at radius 3 is 2.58 bits per heavy atom. The third-order valence-electron chi connectivity index (χ3n) is 4.09. The number of carbonyl (C=O) groups is 3. The summed E-state index contributed by atoms with van der Waals surface area (Å²) in [7, 11) is 1.09. The van der Waals surface area contributed by atoms with Gasteiger partial charge in [0.2, 0.25) is 5.91 Å². The first kappa shape index (κ1) is 18.2. The molecule has 1 aliphatic rings. The molecule has 1 heterocycles. The molecule has 26 heavy (non-hydrogen) atoms. The van der Waals surface area contributed by atoms with Crippen LogP contribution < -0.4 is 0 Å². The van der Waals surface area contributed by atoms with Crippen LogP contribution in [0.1, 0.15) is 27.4 Å². The summed E-state index contributed by atoms with van der Waals surface area (Å²) in [4.78, 5) is 38.3. The fourth-order valence-electron chi connectivity index (χ4n) is 2.82. The van der Waals surface area contributed by atoms with Crippen LogP contribution in [-0.2, 0) is 20.9 Å². The van der Waals surface area contributed by atoms with E-state index >= 15 is 0 Å². The van der Waals surface area contributed by atoms with Crippen molar-refractivity contribution < 1.29 is 27.9 Å². The van der Waals surface area contributed by atoms with Gasteiger partial charge in [-0.1, -0.05) is 22.0 Å². The molecule has 0 bridgehead atoms. The maximum Gasteiger partial charge on any atom is 0.322 e. The van der Waals surface area contributed by atoms with E-state index in [0.29, 0.717) is 4.47 Å². The largest absolute Gasteiger partial charge is 0.468 e. The molecule has 0 spiro atoms. The van der Waals surface area contributed by atoms with E-state index < -0.39 is 35.3 Å². The van der Waals surface area contributed by atoms with Crippen molar-refractivity contribution in [3.8, 4) is 0 Å². The summed E-state index contributed by atoms with van der Waals surface area (Å²) in [6.45, 7) is -0.360. The molecule has 1 unspecified atom stereocenters. The van der Waals surface area contributed by atoms with Gasteiger partial charge in [0, 0.05) is 15.6 Å². The molecule has 0 N–H and O–H groups in total. The van der Waals surface area contributed by atoms with Crippen molar-refractivity contribution in [2.24, 2.45) is 0 Å². The van der Waals surface area contributed by atoms with Gasteiger partial charge >= 0.3 is 5.97 Å². The Morgan fingerprint density at radius 1 is 1.19 bits per heavy atom. The second-order valence-electron chi connectivity index (χ2n) is 5.65. The van der Waals surface area contributed by atoms with Gasteiger partial charge < -0.3 is 4.74 Å². The van der Waals surface area contributed by atoms with Crippen molar-refractivity contribution in [1.82, 2.24) is 4.90 Å². The smallest absolute Gasteiger partial charge is 0.322 e. The van der Waals surface area contributed by atoms with Gasteiger partial charge in [0.1, 0.15) is 11.6 Å². The van der Waals surface area contributed by atoms with Gasteiger partial charge in [0.15, 0.2) is 5.92 Å². The number of ether oxygens (including phenoxy) is 1. The van der Waals surface area contributed by atoms with Crippen molar-refractivity contribution in [3.05, 3.63) is 69.2 Å². The number of imide groups is 1. The van der Waals surface area contributed by atoms with Crippen LogP contribution in [0.25, 0.3) is 0 Å². The predicted octanol–water partition coefficient (Wildman–Crippen LogP) is 3.17. The monoisotopic (exact) mass is 423 g/mol. The fourth-order valence-corrected chi connectivity index (χ4v) is 3.15. The highest BCUT2D eigenvalue weighted by Gasteiger charge is 2.43. The van der Waals surface area contributed by atoms with E-state index in [-0.39, 0.29) is 23.2 Å². The van der Waals surface area contributed by atoms with E-state index in [1.165, 1.54) is 18.2 Å². The lowest BCUT2D eigenvalue weighted by atomic mass is 9.88. The zero-order valence-corrected chi connectivity index (χ0v) is 15.0. The Kier molecular flexibility index (Phi) is 4.86. The van der Waals surface area contributed by atoms with Gasteiger partial charge in [0.25, 0.3) is 5.91 Å². The molecule has 134 valence electrons. The van der Waals surface area contributed by atoms with Crippen LogP contribution in [0.15, 0.2) is 40.9 Å². The maximum absolute atomic E-state index is 14.1. The number of nitrogens with zero attached hydrogens (tertiary/aromatic N) is 1. The minimum absolute atomic E-state index is 0.00100. The number of esters is 1. The molecule has 1 atom stereocenters. The number of hydrogen-bond acceptors (Lipinski definition) is 4. The van der Waals surface area contributed by atoms with Gasteiger partial charge in [-0.25, -0.2) is 8.78 Å². The van der Waals surface area contributed by atoms with Crippen LogP contribution in [0.2, 0.25) is 0 Å². The SMILES string of the molecule is COC(=O)C1C(=O)N(Cc2ccc(Br)cc2F)C(=O)c2ccc(F)cc21. The lowest BCUT2D eigenvalue weighted by Crippen LogP contribution is -2.47. The quantitative estimate of drug-likeness (QED) is 0.432. The van der Waals surface area contributed by atoms with E-state index in [9.17, 15) is 23.2 Å². The van der Waals surface area contributed by atoms with Crippen LogP contribution in [0.3, 0.4) is 0 Å². The summed E-state index contributed by atoms with van der Waals surface area (Å²) in [6, 6.07) is 7.41. The number of methoxy groups -OCH3 is 1. The molecule has 0 aliphatic carbocycles. The molecular formula is C18H12BrF2NO4. The number of halogens is 3. The van der Waals surface area contributed by atoms with Crippen molar-refractivity contribution in [2.45, 2.75) is 12.5 Å². The van der Waals surface area contributed by atoms with Crippen molar-refractivity contribution >= 4 is 33.7 Å². The molecule has 8 heteroatoms. The topological polar surface area (TPSA) is 63.7 Å². The Bertz CT molecular complexity index is 931. The molecule has 0 fully saturated rings. The summed E-state index contributed by atoms with van der Waals surface area (Å²) in [5.74, 6) is -5.32. The predicted molar refractivity (Wildman–Crippen MR) is 90.1 cm³/mol. The molecule has 0 saturated heterocycles. The number of fused-ring (bicyclic) bond motifs is 1. The zero-order valence-electron chi connectivity index (χ0n) is 13.5. The molecule has 2 aromatic carbocycles. The first-order valence-corrected chi connectivity index (χ1v) is 8.29.